The second-order valence-electron chi connectivity index (χ2n) is 5.08. The van der Waals surface area contributed by atoms with Gasteiger partial charge in [-0.2, -0.15) is 0 Å². The van der Waals surface area contributed by atoms with E-state index in [0.717, 1.165) is 6.42 Å². The minimum Gasteiger partial charge on any atom is -0.378 e. The maximum absolute atomic E-state index is 12.4. The van der Waals surface area contributed by atoms with E-state index in [0.29, 0.717) is 38.8 Å². The molecule has 0 aromatic rings. The van der Waals surface area contributed by atoms with E-state index in [4.69, 9.17) is 15.2 Å². The molecule has 0 aromatic carbocycles. The van der Waals surface area contributed by atoms with E-state index in [1.54, 1.807) is 0 Å². The van der Waals surface area contributed by atoms with Gasteiger partial charge < -0.3 is 20.1 Å². The predicted molar refractivity (Wildman–Crippen MR) is 70.2 cm³/mol. The molecule has 2 atom stereocenters. The predicted octanol–water partition coefficient (Wildman–Crippen LogP) is 0.624. The summed E-state index contributed by atoms with van der Waals surface area (Å²) in [5.41, 5.74) is 5.36. The number of carbonyl (C=O) groups excluding carboxylic acids is 1. The zero-order valence-corrected chi connectivity index (χ0v) is 11.7. The standard InChI is InChI=1S/C13H26N2O3/c1-10(2)15(6-9-17-8-5-14)13(16)12-11(3)4-7-18-12/h10-12H,4-9,14H2,1-3H3. The minimum absolute atomic E-state index is 0.0892. The van der Waals surface area contributed by atoms with E-state index < -0.39 is 0 Å². The average molecular weight is 258 g/mol. The number of hydrogen-bond donors (Lipinski definition) is 1. The Kier molecular flexibility index (Phi) is 6.60. The number of nitrogens with zero attached hydrogens (tertiary/aromatic N) is 1. The Morgan fingerprint density at radius 3 is 2.72 bits per heavy atom. The van der Waals surface area contributed by atoms with Crippen LogP contribution < -0.4 is 5.73 Å². The first kappa shape index (κ1) is 15.4. The van der Waals surface area contributed by atoms with Crippen LogP contribution in [0.2, 0.25) is 0 Å². The molecule has 1 aliphatic heterocycles. The first-order valence-corrected chi connectivity index (χ1v) is 6.77. The molecule has 2 unspecified atom stereocenters. The fourth-order valence-electron chi connectivity index (χ4n) is 2.15. The van der Waals surface area contributed by atoms with Gasteiger partial charge in [-0.15, -0.1) is 0 Å². The van der Waals surface area contributed by atoms with Crippen molar-refractivity contribution in [1.29, 1.82) is 0 Å². The molecule has 1 fully saturated rings. The lowest BCUT2D eigenvalue weighted by Crippen LogP contribution is -2.46. The molecule has 1 rings (SSSR count). The van der Waals surface area contributed by atoms with E-state index in [9.17, 15) is 4.79 Å². The molecular formula is C13H26N2O3. The smallest absolute Gasteiger partial charge is 0.252 e. The summed E-state index contributed by atoms with van der Waals surface area (Å²) in [7, 11) is 0. The Morgan fingerprint density at radius 2 is 2.22 bits per heavy atom. The third-order valence-electron chi connectivity index (χ3n) is 3.28. The van der Waals surface area contributed by atoms with E-state index in [1.807, 2.05) is 18.7 Å². The van der Waals surface area contributed by atoms with Gasteiger partial charge in [0.15, 0.2) is 0 Å². The number of carbonyl (C=O) groups is 1. The van der Waals surface area contributed by atoms with Crippen LogP contribution in [0.15, 0.2) is 0 Å². The van der Waals surface area contributed by atoms with Gasteiger partial charge in [-0.05, 0) is 26.2 Å². The molecule has 1 amide bonds. The average Bonchev–Trinajstić information content (AvgIpc) is 2.74. The van der Waals surface area contributed by atoms with Crippen LogP contribution in [0.25, 0.3) is 0 Å². The molecule has 1 heterocycles. The van der Waals surface area contributed by atoms with Crippen molar-refractivity contribution in [1.82, 2.24) is 4.90 Å². The maximum Gasteiger partial charge on any atom is 0.252 e. The summed E-state index contributed by atoms with van der Waals surface area (Å²) in [6.07, 6.45) is 0.688. The summed E-state index contributed by atoms with van der Waals surface area (Å²) in [5, 5.41) is 0. The van der Waals surface area contributed by atoms with Crippen molar-refractivity contribution in [2.24, 2.45) is 11.7 Å². The summed E-state index contributed by atoms with van der Waals surface area (Å²) < 4.78 is 10.9. The second kappa shape index (κ2) is 7.71. The molecule has 5 nitrogen and oxygen atoms in total. The van der Waals surface area contributed by atoms with Gasteiger partial charge in [-0.1, -0.05) is 6.92 Å². The molecule has 0 aliphatic carbocycles. The van der Waals surface area contributed by atoms with Crippen molar-refractivity contribution in [3.63, 3.8) is 0 Å². The van der Waals surface area contributed by atoms with Gasteiger partial charge in [0, 0.05) is 25.7 Å². The molecule has 2 N–H and O–H groups in total. The number of amides is 1. The van der Waals surface area contributed by atoms with E-state index in [2.05, 4.69) is 6.92 Å². The summed E-state index contributed by atoms with van der Waals surface area (Å²) in [6, 6.07) is 0.162. The van der Waals surface area contributed by atoms with Crippen LogP contribution in [0.4, 0.5) is 0 Å². The minimum atomic E-state index is -0.276. The number of rotatable bonds is 7. The van der Waals surface area contributed by atoms with Gasteiger partial charge in [0.05, 0.1) is 13.2 Å². The molecule has 1 aliphatic rings. The van der Waals surface area contributed by atoms with Crippen LogP contribution in [-0.4, -0.2) is 55.9 Å². The van der Waals surface area contributed by atoms with Crippen molar-refractivity contribution >= 4 is 5.91 Å². The van der Waals surface area contributed by atoms with Crippen LogP contribution in [0, 0.1) is 5.92 Å². The van der Waals surface area contributed by atoms with Gasteiger partial charge in [-0.3, -0.25) is 4.79 Å². The van der Waals surface area contributed by atoms with Gasteiger partial charge in [0.1, 0.15) is 6.10 Å². The molecule has 0 spiro atoms. The Labute approximate surface area is 110 Å². The monoisotopic (exact) mass is 258 g/mol. The number of hydrogen-bond acceptors (Lipinski definition) is 4. The van der Waals surface area contributed by atoms with E-state index in [-0.39, 0.29) is 18.1 Å². The Hall–Kier alpha value is -0.650. The third kappa shape index (κ3) is 4.23. The van der Waals surface area contributed by atoms with Crippen LogP contribution >= 0.6 is 0 Å². The zero-order chi connectivity index (χ0) is 13.5. The topological polar surface area (TPSA) is 64.8 Å². The summed E-state index contributed by atoms with van der Waals surface area (Å²) in [6.45, 7) is 8.97. The second-order valence-corrected chi connectivity index (χ2v) is 5.08. The van der Waals surface area contributed by atoms with E-state index >= 15 is 0 Å². The highest BCUT2D eigenvalue weighted by molar-refractivity contribution is 5.81. The molecular weight excluding hydrogens is 232 g/mol. The largest absolute Gasteiger partial charge is 0.378 e. The summed E-state index contributed by atoms with van der Waals surface area (Å²) in [5.74, 6) is 0.398. The quantitative estimate of drug-likeness (QED) is 0.680. The fraction of sp³-hybridized carbons (Fsp3) is 0.923. The highest BCUT2D eigenvalue weighted by atomic mass is 16.5. The Morgan fingerprint density at radius 1 is 1.50 bits per heavy atom. The summed E-state index contributed by atoms with van der Waals surface area (Å²) in [4.78, 5) is 14.2. The number of nitrogens with two attached hydrogens (primary N) is 1. The van der Waals surface area contributed by atoms with Crippen molar-refractivity contribution in [2.75, 3.05) is 32.9 Å². The lowest BCUT2D eigenvalue weighted by atomic mass is 10.0. The first-order chi connectivity index (χ1) is 8.57. The fourth-order valence-corrected chi connectivity index (χ4v) is 2.15. The normalized spacial score (nSPS) is 23.6. The van der Waals surface area contributed by atoms with E-state index in [1.165, 1.54) is 0 Å². The maximum atomic E-state index is 12.4. The van der Waals surface area contributed by atoms with Crippen LogP contribution in [-0.2, 0) is 14.3 Å². The molecule has 0 radical (unpaired) electrons. The van der Waals surface area contributed by atoms with Crippen molar-refractivity contribution < 1.29 is 14.3 Å². The molecule has 106 valence electrons. The van der Waals surface area contributed by atoms with Crippen LogP contribution in [0.1, 0.15) is 27.2 Å². The molecule has 0 aromatic heterocycles. The molecule has 0 bridgehead atoms. The van der Waals surface area contributed by atoms with Crippen molar-refractivity contribution in [2.45, 2.75) is 39.3 Å². The lowest BCUT2D eigenvalue weighted by molar-refractivity contribution is -0.145. The van der Waals surface area contributed by atoms with Crippen LogP contribution in [0.5, 0.6) is 0 Å². The summed E-state index contributed by atoms with van der Waals surface area (Å²) >= 11 is 0. The van der Waals surface area contributed by atoms with Gasteiger partial charge in [-0.25, -0.2) is 0 Å². The SMILES string of the molecule is CC1CCOC1C(=O)N(CCOCCN)C(C)C. The Balaban J connectivity index is 2.47. The van der Waals surface area contributed by atoms with Crippen molar-refractivity contribution in [3.8, 4) is 0 Å². The molecule has 18 heavy (non-hydrogen) atoms. The highest BCUT2D eigenvalue weighted by Crippen LogP contribution is 2.22. The zero-order valence-electron chi connectivity index (χ0n) is 11.7. The first-order valence-electron chi connectivity index (χ1n) is 6.77. The van der Waals surface area contributed by atoms with Gasteiger partial charge in [0.2, 0.25) is 0 Å². The number of ether oxygens (including phenoxy) is 2. The highest BCUT2D eigenvalue weighted by Gasteiger charge is 2.34. The molecule has 0 saturated carbocycles. The molecule has 5 heteroatoms. The lowest BCUT2D eigenvalue weighted by Gasteiger charge is -2.30. The van der Waals surface area contributed by atoms with Crippen molar-refractivity contribution in [3.05, 3.63) is 0 Å². The van der Waals surface area contributed by atoms with Crippen LogP contribution in [0.3, 0.4) is 0 Å². The van der Waals surface area contributed by atoms with Gasteiger partial charge in [0.25, 0.3) is 5.91 Å². The third-order valence-corrected chi connectivity index (χ3v) is 3.28. The Bertz CT molecular complexity index is 259. The molecule has 1 saturated heterocycles. The van der Waals surface area contributed by atoms with Gasteiger partial charge >= 0.3 is 0 Å².